The molecule has 1 aliphatic heterocycles. The van der Waals surface area contributed by atoms with Crippen LogP contribution in [-0.4, -0.2) is 38.5 Å². The minimum absolute atomic E-state index is 0.225. The number of carbonyl (C=O) groups excluding carboxylic acids is 1. The molecule has 2 heterocycles. The van der Waals surface area contributed by atoms with Crippen molar-refractivity contribution >= 4 is 23.4 Å². The van der Waals surface area contributed by atoms with E-state index in [0.29, 0.717) is 43.4 Å². The van der Waals surface area contributed by atoms with Crippen LogP contribution in [-0.2, 0) is 9.53 Å². The minimum atomic E-state index is -0.645. The van der Waals surface area contributed by atoms with Crippen LogP contribution in [0.3, 0.4) is 0 Å². The second kappa shape index (κ2) is 10.2. The molecule has 8 nitrogen and oxygen atoms in total. The van der Waals surface area contributed by atoms with Crippen LogP contribution in [0.15, 0.2) is 63.5 Å². The zero-order valence-electron chi connectivity index (χ0n) is 20.2. The third-order valence-electron chi connectivity index (χ3n) is 5.62. The largest absolute Gasteiger partial charge is 0.493 e. The number of aromatic nitrogens is 1. The molecule has 4 rings (SSSR count). The Bertz CT molecular complexity index is 1440. The second-order valence-corrected chi connectivity index (χ2v) is 8.68. The number of rotatable bonds is 7. The molecule has 0 saturated heterocycles. The van der Waals surface area contributed by atoms with Gasteiger partial charge in [-0.05, 0) is 43.2 Å². The van der Waals surface area contributed by atoms with Crippen LogP contribution in [0.4, 0.5) is 0 Å². The fourth-order valence-corrected chi connectivity index (χ4v) is 5.12. The quantitative estimate of drug-likeness (QED) is 0.470. The number of esters is 1. The van der Waals surface area contributed by atoms with Gasteiger partial charge in [0, 0.05) is 0 Å². The van der Waals surface area contributed by atoms with Gasteiger partial charge in [0.25, 0.3) is 5.56 Å². The van der Waals surface area contributed by atoms with Gasteiger partial charge >= 0.3 is 5.97 Å². The first-order valence-electron chi connectivity index (χ1n) is 11.0. The smallest absolute Gasteiger partial charge is 0.338 e. The summed E-state index contributed by atoms with van der Waals surface area (Å²) in [5.74, 6) is 0.941. The molecule has 9 heteroatoms. The van der Waals surface area contributed by atoms with E-state index in [0.717, 1.165) is 5.56 Å². The van der Waals surface area contributed by atoms with Gasteiger partial charge < -0.3 is 18.9 Å². The molecule has 0 bridgehead atoms. The highest BCUT2D eigenvalue weighted by Gasteiger charge is 2.33. The zero-order valence-corrected chi connectivity index (χ0v) is 21.0. The van der Waals surface area contributed by atoms with E-state index in [1.165, 1.54) is 32.7 Å². The number of methoxy groups -OCH3 is 3. The molecule has 0 aliphatic carbocycles. The predicted octanol–water partition coefficient (Wildman–Crippen LogP) is 2.82. The Kier molecular flexibility index (Phi) is 7.07. The lowest BCUT2D eigenvalue weighted by Gasteiger charge is -2.24. The third-order valence-corrected chi connectivity index (χ3v) is 6.60. The molecule has 35 heavy (non-hydrogen) atoms. The Morgan fingerprint density at radius 3 is 2.31 bits per heavy atom. The summed E-state index contributed by atoms with van der Waals surface area (Å²) in [6, 6.07) is 12.3. The molecule has 1 atom stereocenters. The molecule has 3 aromatic rings. The topological polar surface area (TPSA) is 88.4 Å². The first kappa shape index (κ1) is 24.3. The summed E-state index contributed by atoms with van der Waals surface area (Å²) in [4.78, 5) is 31.7. The van der Waals surface area contributed by atoms with Gasteiger partial charge in [-0.25, -0.2) is 9.79 Å². The number of thiazole rings is 1. The molecule has 0 fully saturated rings. The van der Waals surface area contributed by atoms with Crippen LogP contribution in [0.25, 0.3) is 6.08 Å². The molecule has 0 N–H and O–H groups in total. The number of fused-ring (bicyclic) bond motifs is 1. The number of ether oxygens (including phenoxy) is 4. The fraction of sp³-hybridized carbons (Fsp3) is 0.269. The molecule has 1 aromatic heterocycles. The van der Waals surface area contributed by atoms with Crippen molar-refractivity contribution in [1.82, 2.24) is 4.57 Å². The maximum Gasteiger partial charge on any atom is 0.338 e. The molecule has 2 aromatic carbocycles. The highest BCUT2D eigenvalue weighted by atomic mass is 32.1. The van der Waals surface area contributed by atoms with Crippen LogP contribution in [0.1, 0.15) is 31.0 Å². The molecule has 0 amide bonds. The number of allylic oxidation sites excluding steroid dienone is 1. The summed E-state index contributed by atoms with van der Waals surface area (Å²) in [5.41, 5.74) is 2.11. The Hall–Kier alpha value is -3.85. The normalized spacial score (nSPS) is 15.3. The number of hydrogen-bond acceptors (Lipinski definition) is 8. The second-order valence-electron chi connectivity index (χ2n) is 7.67. The van der Waals surface area contributed by atoms with Gasteiger partial charge in [-0.3, -0.25) is 9.36 Å². The van der Waals surface area contributed by atoms with Crippen molar-refractivity contribution in [1.29, 1.82) is 0 Å². The van der Waals surface area contributed by atoms with Crippen molar-refractivity contribution in [3.63, 3.8) is 0 Å². The average Bonchev–Trinajstić information content (AvgIpc) is 3.17. The number of hydrogen-bond donors (Lipinski definition) is 0. The first-order valence-corrected chi connectivity index (χ1v) is 11.8. The van der Waals surface area contributed by atoms with E-state index in [1.807, 2.05) is 30.3 Å². The van der Waals surface area contributed by atoms with E-state index >= 15 is 0 Å². The first-order chi connectivity index (χ1) is 16.9. The van der Waals surface area contributed by atoms with Crippen molar-refractivity contribution in [3.8, 4) is 17.2 Å². The average molecular weight is 495 g/mol. The molecule has 0 radical (unpaired) electrons. The van der Waals surface area contributed by atoms with Crippen molar-refractivity contribution in [2.45, 2.75) is 19.9 Å². The Labute approximate surface area is 206 Å². The van der Waals surface area contributed by atoms with Crippen molar-refractivity contribution in [2.75, 3.05) is 27.9 Å². The molecule has 0 saturated carbocycles. The summed E-state index contributed by atoms with van der Waals surface area (Å²) in [6.07, 6.45) is 1.75. The van der Waals surface area contributed by atoms with Crippen LogP contribution in [0, 0.1) is 0 Å². The van der Waals surface area contributed by atoms with E-state index in [9.17, 15) is 9.59 Å². The van der Waals surface area contributed by atoms with Crippen LogP contribution in [0.5, 0.6) is 17.2 Å². The summed E-state index contributed by atoms with van der Waals surface area (Å²) < 4.78 is 23.6. The standard InChI is InChI=1S/C26H26N2O6S/c1-6-34-25(30)21-15(2)27-26-28(22(21)17-10-8-7-9-11-17)24(29)20(35-26)14-16-12-18(31-3)23(33-5)19(13-16)32-4/h7-14,22H,6H2,1-5H3/b20-14+. The molecular formula is C26H26N2O6S. The Morgan fingerprint density at radius 2 is 1.74 bits per heavy atom. The van der Waals surface area contributed by atoms with Gasteiger partial charge in [-0.2, -0.15) is 0 Å². The van der Waals surface area contributed by atoms with E-state index in [2.05, 4.69) is 4.99 Å². The number of benzene rings is 2. The van der Waals surface area contributed by atoms with E-state index in [4.69, 9.17) is 18.9 Å². The van der Waals surface area contributed by atoms with Gasteiger partial charge in [0.1, 0.15) is 0 Å². The predicted molar refractivity (Wildman–Crippen MR) is 133 cm³/mol. The van der Waals surface area contributed by atoms with Gasteiger partial charge in [0.15, 0.2) is 16.3 Å². The molecule has 0 spiro atoms. The van der Waals surface area contributed by atoms with Gasteiger partial charge in [-0.1, -0.05) is 41.7 Å². The maximum absolute atomic E-state index is 13.7. The molecule has 1 aliphatic rings. The van der Waals surface area contributed by atoms with Crippen molar-refractivity contribution in [3.05, 3.63) is 84.5 Å². The Morgan fingerprint density at radius 1 is 1.09 bits per heavy atom. The van der Waals surface area contributed by atoms with Crippen molar-refractivity contribution < 1.29 is 23.7 Å². The van der Waals surface area contributed by atoms with Gasteiger partial charge in [0.05, 0.1) is 49.8 Å². The minimum Gasteiger partial charge on any atom is -0.493 e. The van der Waals surface area contributed by atoms with E-state index in [1.54, 1.807) is 36.6 Å². The van der Waals surface area contributed by atoms with Crippen LogP contribution < -0.4 is 29.1 Å². The third kappa shape index (κ3) is 4.46. The van der Waals surface area contributed by atoms with Gasteiger partial charge in [0.2, 0.25) is 5.75 Å². The highest BCUT2D eigenvalue weighted by molar-refractivity contribution is 7.07. The monoisotopic (exact) mass is 494 g/mol. The van der Waals surface area contributed by atoms with Gasteiger partial charge in [-0.15, -0.1) is 0 Å². The molecule has 1 unspecified atom stereocenters. The summed E-state index contributed by atoms with van der Waals surface area (Å²) in [5, 5.41) is 0. The SMILES string of the molecule is CCOC(=O)C1=C(C)N=c2s/c(=C/c3cc(OC)c(OC)c(OC)c3)c(=O)n2C1c1ccccc1. The van der Waals surface area contributed by atoms with Crippen LogP contribution in [0.2, 0.25) is 0 Å². The van der Waals surface area contributed by atoms with Crippen LogP contribution >= 0.6 is 11.3 Å². The Balaban J connectivity index is 1.94. The lowest BCUT2D eigenvalue weighted by atomic mass is 9.96. The lowest BCUT2D eigenvalue weighted by Crippen LogP contribution is -2.39. The summed E-state index contributed by atoms with van der Waals surface area (Å²) in [6.45, 7) is 3.74. The zero-order chi connectivity index (χ0) is 25.1. The number of nitrogens with zero attached hydrogens (tertiary/aromatic N) is 2. The van der Waals surface area contributed by atoms with E-state index < -0.39 is 12.0 Å². The maximum atomic E-state index is 13.7. The van der Waals surface area contributed by atoms with Crippen molar-refractivity contribution in [2.24, 2.45) is 4.99 Å². The fourth-order valence-electron chi connectivity index (χ4n) is 4.08. The molecule has 182 valence electrons. The lowest BCUT2D eigenvalue weighted by molar-refractivity contribution is -0.139. The summed E-state index contributed by atoms with van der Waals surface area (Å²) in [7, 11) is 4.61. The van der Waals surface area contributed by atoms with E-state index in [-0.39, 0.29) is 12.2 Å². The molecular weight excluding hydrogens is 468 g/mol. The number of carbonyl (C=O) groups is 1. The summed E-state index contributed by atoms with van der Waals surface area (Å²) >= 11 is 1.25. The highest BCUT2D eigenvalue weighted by Crippen LogP contribution is 2.38.